The first kappa shape index (κ1) is 18.3. The van der Waals surface area contributed by atoms with Gasteiger partial charge in [0.15, 0.2) is 5.69 Å². The molecule has 0 unspecified atom stereocenters. The summed E-state index contributed by atoms with van der Waals surface area (Å²) < 4.78 is 2.29. The lowest BCUT2D eigenvalue weighted by Gasteiger charge is -2.27. The third-order valence-electron chi connectivity index (χ3n) is 5.74. The molecule has 0 atom stereocenters. The van der Waals surface area contributed by atoms with Gasteiger partial charge in [-0.1, -0.05) is 11.6 Å². The van der Waals surface area contributed by atoms with Gasteiger partial charge in [-0.15, -0.1) is 0 Å². The number of aromatic nitrogens is 2. The molecule has 0 amide bonds. The van der Waals surface area contributed by atoms with Crippen molar-refractivity contribution in [2.45, 2.75) is 38.6 Å². The second kappa shape index (κ2) is 7.19. The molecule has 3 aromatic rings. The number of rotatable bonds is 2. The summed E-state index contributed by atoms with van der Waals surface area (Å²) >= 11 is 6.50. The van der Waals surface area contributed by atoms with Crippen LogP contribution in [0, 0.1) is 30.7 Å². The molecule has 2 N–H and O–H groups in total. The minimum Gasteiger partial charge on any atom is -0.396 e. The third-order valence-corrected chi connectivity index (χ3v) is 6.16. The molecule has 1 aliphatic carbocycles. The fraction of sp³-hybridized carbons (Fsp3) is 0.318. The van der Waals surface area contributed by atoms with Gasteiger partial charge in [0.25, 0.3) is 0 Å². The average molecular weight is 390 g/mol. The molecule has 6 heteroatoms. The van der Waals surface area contributed by atoms with Crippen molar-refractivity contribution in [3.63, 3.8) is 0 Å². The molecule has 0 spiro atoms. The SMILES string of the molecule is [C-]#[N+]c1cc2c(-c3cncc(N)c3Cl)cn(C3CCC(C#N)CC3)c2cc1C. The maximum absolute atomic E-state index is 9.20. The van der Waals surface area contributed by atoms with Gasteiger partial charge in [0.1, 0.15) is 0 Å². The highest BCUT2D eigenvalue weighted by atomic mass is 35.5. The summed E-state index contributed by atoms with van der Waals surface area (Å²) in [5.74, 6) is 0.153. The van der Waals surface area contributed by atoms with Crippen LogP contribution in [0.4, 0.5) is 11.4 Å². The molecule has 140 valence electrons. The number of aryl methyl sites for hydroxylation is 1. The molecular weight excluding hydrogens is 370 g/mol. The van der Waals surface area contributed by atoms with E-state index in [1.54, 1.807) is 12.4 Å². The van der Waals surface area contributed by atoms with Gasteiger partial charge in [-0.3, -0.25) is 4.98 Å². The van der Waals surface area contributed by atoms with Crippen molar-refractivity contribution < 1.29 is 0 Å². The standard InChI is InChI=1S/C22H20ClN5/c1-13-7-21-16(8-20(13)26-2)18(17-10-27-11-19(25)22(17)23)12-28(21)15-5-3-14(9-24)4-6-15/h7-8,10-12,14-15H,3-6,25H2,1H3. The van der Waals surface area contributed by atoms with Crippen LogP contribution in [-0.2, 0) is 0 Å². The number of nitrogens with zero attached hydrogens (tertiary/aromatic N) is 4. The van der Waals surface area contributed by atoms with Crippen LogP contribution in [0.5, 0.6) is 0 Å². The van der Waals surface area contributed by atoms with Gasteiger partial charge in [-0.05, 0) is 55.7 Å². The minimum atomic E-state index is 0.153. The topological polar surface area (TPSA) is 72.0 Å². The van der Waals surface area contributed by atoms with Gasteiger partial charge in [0, 0.05) is 41.0 Å². The molecule has 1 aliphatic rings. The molecule has 0 saturated heterocycles. The Morgan fingerprint density at radius 1 is 1.25 bits per heavy atom. The maximum atomic E-state index is 9.20. The molecule has 1 fully saturated rings. The van der Waals surface area contributed by atoms with Crippen LogP contribution in [0.3, 0.4) is 0 Å². The Bertz CT molecular complexity index is 1140. The lowest BCUT2D eigenvalue weighted by Crippen LogP contribution is -2.16. The van der Waals surface area contributed by atoms with E-state index in [0.29, 0.717) is 22.4 Å². The Hall–Kier alpha value is -3.02. The summed E-state index contributed by atoms with van der Waals surface area (Å²) in [6.45, 7) is 9.45. The zero-order chi connectivity index (χ0) is 19.8. The van der Waals surface area contributed by atoms with Gasteiger partial charge in [0.2, 0.25) is 0 Å². The van der Waals surface area contributed by atoms with E-state index < -0.39 is 0 Å². The second-order valence-corrected chi connectivity index (χ2v) is 7.82. The Labute approximate surface area is 169 Å². The number of hydrogen-bond acceptors (Lipinski definition) is 3. The molecule has 0 aliphatic heterocycles. The Kier molecular flexibility index (Phi) is 4.71. The average Bonchev–Trinajstić information content (AvgIpc) is 3.07. The zero-order valence-corrected chi connectivity index (χ0v) is 16.4. The number of anilines is 1. The highest BCUT2D eigenvalue weighted by Gasteiger charge is 2.25. The Morgan fingerprint density at radius 3 is 2.68 bits per heavy atom. The second-order valence-electron chi connectivity index (χ2n) is 7.44. The predicted molar refractivity (Wildman–Crippen MR) is 112 cm³/mol. The van der Waals surface area contributed by atoms with Crippen molar-refractivity contribution in [3.8, 4) is 17.2 Å². The van der Waals surface area contributed by atoms with Gasteiger partial charge in [0.05, 0.1) is 29.5 Å². The van der Waals surface area contributed by atoms with Gasteiger partial charge in [-0.2, -0.15) is 5.26 Å². The molecule has 28 heavy (non-hydrogen) atoms. The van der Waals surface area contributed by atoms with E-state index >= 15 is 0 Å². The first-order valence-corrected chi connectivity index (χ1v) is 9.73. The highest BCUT2D eigenvalue weighted by Crippen LogP contribution is 2.42. The van der Waals surface area contributed by atoms with Crippen LogP contribution in [0.15, 0.2) is 30.7 Å². The molecule has 0 bridgehead atoms. The van der Waals surface area contributed by atoms with E-state index in [1.807, 2.05) is 13.0 Å². The summed E-state index contributed by atoms with van der Waals surface area (Å²) in [4.78, 5) is 7.89. The Morgan fingerprint density at radius 2 is 2.00 bits per heavy atom. The van der Waals surface area contributed by atoms with E-state index in [2.05, 4.69) is 32.7 Å². The number of pyridine rings is 1. The minimum absolute atomic E-state index is 0.153. The summed E-state index contributed by atoms with van der Waals surface area (Å²) in [5.41, 5.74) is 10.8. The predicted octanol–water partition coefficient (Wildman–Crippen LogP) is 6.05. The first-order valence-electron chi connectivity index (χ1n) is 9.35. The summed E-state index contributed by atoms with van der Waals surface area (Å²) in [6.07, 6.45) is 9.13. The number of halogens is 1. The summed E-state index contributed by atoms with van der Waals surface area (Å²) in [6, 6.07) is 6.74. The molecule has 4 rings (SSSR count). The van der Waals surface area contributed by atoms with Crippen LogP contribution in [0.1, 0.15) is 37.3 Å². The Balaban J connectivity index is 1.92. The van der Waals surface area contributed by atoms with E-state index in [9.17, 15) is 5.26 Å². The van der Waals surface area contributed by atoms with E-state index in [-0.39, 0.29) is 5.92 Å². The van der Waals surface area contributed by atoms with Crippen molar-refractivity contribution in [3.05, 3.63) is 52.7 Å². The fourth-order valence-electron chi connectivity index (χ4n) is 4.16. The van der Waals surface area contributed by atoms with Crippen molar-refractivity contribution in [1.29, 1.82) is 5.26 Å². The van der Waals surface area contributed by atoms with Crippen LogP contribution in [0.25, 0.3) is 26.9 Å². The van der Waals surface area contributed by atoms with Crippen molar-refractivity contribution in [1.82, 2.24) is 9.55 Å². The van der Waals surface area contributed by atoms with Crippen LogP contribution in [-0.4, -0.2) is 9.55 Å². The number of nitrogen functional groups attached to an aromatic ring is 1. The first-order chi connectivity index (χ1) is 13.5. The zero-order valence-electron chi connectivity index (χ0n) is 15.6. The van der Waals surface area contributed by atoms with E-state index in [0.717, 1.165) is 53.3 Å². The molecule has 2 heterocycles. The third kappa shape index (κ3) is 2.99. The number of fused-ring (bicyclic) bond motifs is 1. The van der Waals surface area contributed by atoms with Crippen molar-refractivity contribution in [2.24, 2.45) is 5.92 Å². The van der Waals surface area contributed by atoms with E-state index in [1.165, 1.54) is 0 Å². The van der Waals surface area contributed by atoms with Crippen LogP contribution >= 0.6 is 11.6 Å². The normalized spacial score (nSPS) is 19.3. The summed E-state index contributed by atoms with van der Waals surface area (Å²) in [5, 5.41) is 10.7. The van der Waals surface area contributed by atoms with Gasteiger partial charge in [-0.25, -0.2) is 4.85 Å². The molecule has 1 saturated carbocycles. The number of benzene rings is 1. The molecule has 2 aromatic heterocycles. The lowest BCUT2D eigenvalue weighted by atomic mass is 9.87. The van der Waals surface area contributed by atoms with Crippen molar-refractivity contribution in [2.75, 3.05) is 5.73 Å². The van der Waals surface area contributed by atoms with Crippen LogP contribution in [0.2, 0.25) is 5.02 Å². The number of hydrogen-bond donors (Lipinski definition) is 1. The monoisotopic (exact) mass is 389 g/mol. The van der Waals surface area contributed by atoms with E-state index in [4.69, 9.17) is 23.9 Å². The molecular formula is C22H20ClN5. The number of nitrogens with two attached hydrogens (primary N) is 1. The summed E-state index contributed by atoms with van der Waals surface area (Å²) in [7, 11) is 0. The number of nitriles is 1. The maximum Gasteiger partial charge on any atom is 0.190 e. The molecule has 0 radical (unpaired) electrons. The molecule has 1 aromatic carbocycles. The largest absolute Gasteiger partial charge is 0.396 e. The lowest BCUT2D eigenvalue weighted by molar-refractivity contribution is 0.319. The van der Waals surface area contributed by atoms with Gasteiger partial charge >= 0.3 is 0 Å². The smallest absolute Gasteiger partial charge is 0.190 e. The van der Waals surface area contributed by atoms with Crippen LogP contribution < -0.4 is 5.73 Å². The fourth-order valence-corrected chi connectivity index (χ4v) is 4.36. The highest BCUT2D eigenvalue weighted by molar-refractivity contribution is 6.36. The molecule has 5 nitrogen and oxygen atoms in total. The quantitative estimate of drug-likeness (QED) is 0.542. The van der Waals surface area contributed by atoms with Gasteiger partial charge < -0.3 is 10.3 Å². The van der Waals surface area contributed by atoms with Crippen molar-refractivity contribution >= 4 is 33.9 Å².